The lowest BCUT2D eigenvalue weighted by atomic mass is 10.1. The Labute approximate surface area is 190 Å². The first kappa shape index (κ1) is 21.4. The van der Waals surface area contributed by atoms with Crippen molar-refractivity contribution in [1.29, 1.82) is 0 Å². The fourth-order valence-electron chi connectivity index (χ4n) is 3.24. The van der Waals surface area contributed by atoms with Crippen LogP contribution in [0.3, 0.4) is 0 Å². The van der Waals surface area contributed by atoms with Crippen molar-refractivity contribution in [2.75, 3.05) is 11.2 Å². The molecule has 3 N–H and O–H groups in total. The van der Waals surface area contributed by atoms with Gasteiger partial charge in [-0.15, -0.1) is 0 Å². The molecule has 0 aliphatic heterocycles. The Kier molecular flexibility index (Phi) is 6.37. The van der Waals surface area contributed by atoms with Gasteiger partial charge in [-0.25, -0.2) is 9.66 Å². The number of amides is 1. The average molecular weight is 443 g/mol. The number of anilines is 1. The Bertz CT molecular complexity index is 1240. The van der Waals surface area contributed by atoms with Gasteiger partial charge in [0, 0.05) is 16.8 Å². The molecule has 0 fully saturated rings. The van der Waals surface area contributed by atoms with Crippen LogP contribution in [0.4, 0.5) is 5.69 Å². The molecule has 4 aromatic rings. The van der Waals surface area contributed by atoms with Gasteiger partial charge in [-0.1, -0.05) is 84.6 Å². The van der Waals surface area contributed by atoms with Crippen LogP contribution in [0.2, 0.25) is 0 Å². The average Bonchev–Trinajstić information content (AvgIpc) is 3.19. The summed E-state index contributed by atoms with van der Waals surface area (Å²) in [7, 11) is 0. The highest BCUT2D eigenvalue weighted by Crippen LogP contribution is 2.36. The predicted molar refractivity (Wildman–Crippen MR) is 128 cm³/mol. The van der Waals surface area contributed by atoms with Crippen molar-refractivity contribution in [2.45, 2.75) is 17.3 Å². The molecule has 0 spiro atoms. The molecular formula is C25H22N4O2S. The Hall–Kier alpha value is -3.84. The molecule has 0 unspecified atom stereocenters. The summed E-state index contributed by atoms with van der Waals surface area (Å²) in [4.78, 5) is 29.6. The highest BCUT2D eigenvalue weighted by molar-refractivity contribution is 8.00. The Morgan fingerprint density at radius 3 is 2.34 bits per heavy atom. The maximum absolute atomic E-state index is 13.3. The summed E-state index contributed by atoms with van der Waals surface area (Å²) in [5.41, 5.74) is 3.60. The number of carbonyl (C=O) groups is 2. The second-order valence-electron chi connectivity index (χ2n) is 7.22. The second-order valence-corrected chi connectivity index (χ2v) is 8.29. The van der Waals surface area contributed by atoms with E-state index >= 15 is 0 Å². The maximum atomic E-state index is 13.3. The number of nitrogens with one attached hydrogen (secondary N) is 1. The monoisotopic (exact) mass is 442 g/mol. The number of benzene rings is 3. The van der Waals surface area contributed by atoms with Crippen molar-refractivity contribution in [1.82, 2.24) is 9.66 Å². The molecule has 7 heteroatoms. The highest BCUT2D eigenvalue weighted by atomic mass is 32.2. The molecule has 0 saturated carbocycles. The molecule has 1 atom stereocenters. The molecular weight excluding hydrogens is 420 g/mol. The molecule has 3 aromatic carbocycles. The molecule has 32 heavy (non-hydrogen) atoms. The molecule has 160 valence electrons. The zero-order valence-electron chi connectivity index (χ0n) is 17.4. The van der Waals surface area contributed by atoms with Crippen molar-refractivity contribution in [3.63, 3.8) is 0 Å². The first-order valence-electron chi connectivity index (χ1n) is 10.0. The number of rotatable bonds is 7. The van der Waals surface area contributed by atoms with Gasteiger partial charge in [0.1, 0.15) is 5.25 Å². The lowest BCUT2D eigenvalue weighted by molar-refractivity contribution is -0.115. The third kappa shape index (κ3) is 4.90. The van der Waals surface area contributed by atoms with Gasteiger partial charge in [0.15, 0.2) is 10.9 Å². The van der Waals surface area contributed by atoms with Crippen LogP contribution in [-0.2, 0) is 4.79 Å². The van der Waals surface area contributed by atoms with Crippen LogP contribution >= 0.6 is 11.8 Å². The number of carbonyl (C=O) groups excluding carboxylic acids is 2. The molecule has 1 aromatic heterocycles. The third-order valence-corrected chi connectivity index (χ3v) is 6.10. The van der Waals surface area contributed by atoms with Crippen molar-refractivity contribution < 1.29 is 9.59 Å². The summed E-state index contributed by atoms with van der Waals surface area (Å²) in [5, 5.41) is 2.85. The number of hydrogen-bond donors (Lipinski definition) is 2. The number of ketones is 1. The summed E-state index contributed by atoms with van der Waals surface area (Å²) >= 11 is 1.27. The molecule has 6 nitrogen and oxygen atoms in total. The van der Waals surface area contributed by atoms with Crippen LogP contribution in [0.5, 0.6) is 0 Å². The Balaban J connectivity index is 1.62. The van der Waals surface area contributed by atoms with Crippen LogP contribution in [0, 0.1) is 0 Å². The minimum Gasteiger partial charge on any atom is -0.337 e. The van der Waals surface area contributed by atoms with E-state index in [1.807, 2.05) is 60.7 Å². The predicted octanol–water partition coefficient (Wildman–Crippen LogP) is 4.94. The minimum absolute atomic E-state index is 0.0614. The van der Waals surface area contributed by atoms with Crippen LogP contribution in [0.1, 0.15) is 28.1 Å². The van der Waals surface area contributed by atoms with E-state index in [-0.39, 0.29) is 11.7 Å². The fraction of sp³-hybridized carbons (Fsp3) is 0.0800. The van der Waals surface area contributed by atoms with E-state index in [1.54, 1.807) is 30.5 Å². The number of hydrogen-bond acceptors (Lipinski definition) is 5. The zero-order valence-corrected chi connectivity index (χ0v) is 18.3. The Morgan fingerprint density at radius 2 is 1.66 bits per heavy atom. The fourth-order valence-corrected chi connectivity index (χ4v) is 4.24. The van der Waals surface area contributed by atoms with Gasteiger partial charge in [0.2, 0.25) is 5.91 Å². The lowest BCUT2D eigenvalue weighted by Crippen LogP contribution is -2.20. The van der Waals surface area contributed by atoms with E-state index in [4.69, 9.17) is 5.84 Å². The van der Waals surface area contributed by atoms with Gasteiger partial charge >= 0.3 is 0 Å². The topological polar surface area (TPSA) is 90.0 Å². The van der Waals surface area contributed by atoms with E-state index < -0.39 is 5.25 Å². The first-order chi connectivity index (χ1) is 15.5. The molecule has 0 radical (unpaired) electrons. The van der Waals surface area contributed by atoms with Crippen molar-refractivity contribution >= 4 is 29.1 Å². The minimum atomic E-state index is -0.592. The van der Waals surface area contributed by atoms with Crippen molar-refractivity contribution in [3.8, 4) is 11.3 Å². The van der Waals surface area contributed by atoms with Gasteiger partial charge in [-0.3, -0.25) is 9.59 Å². The molecule has 1 amide bonds. The lowest BCUT2D eigenvalue weighted by Gasteiger charge is -2.17. The second kappa shape index (κ2) is 9.53. The smallest absolute Gasteiger partial charge is 0.242 e. The summed E-state index contributed by atoms with van der Waals surface area (Å²) in [5.74, 6) is 5.88. The maximum Gasteiger partial charge on any atom is 0.242 e. The van der Waals surface area contributed by atoms with Crippen LogP contribution in [0.25, 0.3) is 11.3 Å². The SMILES string of the molecule is CC(=O)c1cccc(NC(=O)[C@H](Sc2nc(-c3ccccc3)cn2N)c2ccccc2)c1. The van der Waals surface area contributed by atoms with Gasteiger partial charge in [-0.05, 0) is 24.6 Å². The van der Waals surface area contributed by atoms with Crippen LogP contribution in [-0.4, -0.2) is 21.4 Å². The number of nitrogens with two attached hydrogens (primary N) is 1. The highest BCUT2D eigenvalue weighted by Gasteiger charge is 2.25. The van der Waals surface area contributed by atoms with Gasteiger partial charge in [0.05, 0.1) is 11.9 Å². The summed E-state index contributed by atoms with van der Waals surface area (Å²) in [6.07, 6.45) is 1.74. The van der Waals surface area contributed by atoms with E-state index in [9.17, 15) is 9.59 Å². The molecule has 0 aliphatic carbocycles. The number of thioether (sulfide) groups is 1. The number of aromatic nitrogens is 2. The molecule has 1 heterocycles. The van der Waals surface area contributed by atoms with Crippen molar-refractivity contribution in [2.24, 2.45) is 0 Å². The van der Waals surface area contributed by atoms with E-state index in [0.717, 1.165) is 16.8 Å². The zero-order chi connectivity index (χ0) is 22.5. The van der Waals surface area contributed by atoms with Crippen LogP contribution < -0.4 is 11.2 Å². The normalized spacial score (nSPS) is 11.7. The first-order valence-corrected chi connectivity index (χ1v) is 10.9. The quantitative estimate of drug-likeness (QED) is 0.240. The Morgan fingerprint density at radius 1 is 0.969 bits per heavy atom. The van der Waals surface area contributed by atoms with Gasteiger partial charge in [-0.2, -0.15) is 0 Å². The summed E-state index contributed by atoms with van der Waals surface area (Å²) in [6, 6.07) is 26.1. The molecule has 0 bridgehead atoms. The summed E-state index contributed by atoms with van der Waals surface area (Å²) in [6.45, 7) is 1.49. The molecule has 0 saturated heterocycles. The van der Waals surface area contributed by atoms with Crippen molar-refractivity contribution in [3.05, 3.63) is 102 Å². The number of imidazole rings is 1. The standard InChI is InChI=1S/C25H22N4O2S/c1-17(30)20-13-8-14-21(15-20)27-24(31)23(19-11-6-3-7-12-19)32-25-28-22(16-29(25)26)18-9-4-2-5-10-18/h2-16,23H,26H2,1H3,(H,27,31)/t23-/m1/s1. The van der Waals surface area contributed by atoms with Gasteiger partial charge in [0.25, 0.3) is 0 Å². The van der Waals surface area contributed by atoms with Crippen LogP contribution in [0.15, 0.2) is 96.3 Å². The largest absolute Gasteiger partial charge is 0.337 e. The van der Waals surface area contributed by atoms with Gasteiger partial charge < -0.3 is 11.2 Å². The number of nitrogen functional groups attached to an aromatic ring is 1. The van der Waals surface area contributed by atoms with E-state index in [1.165, 1.54) is 23.4 Å². The number of nitrogens with zero attached hydrogens (tertiary/aromatic N) is 2. The third-order valence-electron chi connectivity index (χ3n) is 4.87. The molecule has 4 rings (SSSR count). The van der Waals surface area contributed by atoms with E-state index in [0.29, 0.717) is 16.4 Å². The number of Topliss-reactive ketones (excluding diaryl/α,β-unsaturated/α-hetero) is 1. The van der Waals surface area contributed by atoms with E-state index in [2.05, 4.69) is 10.3 Å². The summed E-state index contributed by atoms with van der Waals surface area (Å²) < 4.78 is 1.44. The molecule has 0 aliphatic rings.